The number of carbonyl (C=O) groups is 4. The van der Waals surface area contributed by atoms with Gasteiger partial charge >= 0.3 is 11.9 Å². The van der Waals surface area contributed by atoms with E-state index in [0.29, 0.717) is 5.57 Å². The summed E-state index contributed by atoms with van der Waals surface area (Å²) < 4.78 is 0. The van der Waals surface area contributed by atoms with Crippen molar-refractivity contribution in [2.45, 2.75) is 24.9 Å². The van der Waals surface area contributed by atoms with Crippen LogP contribution >= 0.6 is 12.6 Å². The maximum atomic E-state index is 12.0. The number of aliphatic hydroxyl groups is 1. The Hall–Kier alpha value is -2.95. The number of hydrogen-bond donors (Lipinski definition) is 7. The third-order valence-corrected chi connectivity index (χ3v) is 3.82. The van der Waals surface area contributed by atoms with Crippen molar-refractivity contribution in [2.75, 3.05) is 12.3 Å². The van der Waals surface area contributed by atoms with Crippen LogP contribution in [0.3, 0.4) is 0 Å². The molecule has 0 saturated carbocycles. The molecule has 0 unspecified atom stereocenters. The van der Waals surface area contributed by atoms with Gasteiger partial charge in [-0.2, -0.15) is 12.6 Å². The molecule has 0 heterocycles. The average molecular weight is 399 g/mol. The van der Waals surface area contributed by atoms with Gasteiger partial charge in [-0.3, -0.25) is 14.4 Å². The maximum Gasteiger partial charge on any atom is 0.326 e. The van der Waals surface area contributed by atoms with Gasteiger partial charge < -0.3 is 31.3 Å². The van der Waals surface area contributed by atoms with Gasteiger partial charge in [-0.1, -0.05) is 12.2 Å². The van der Waals surface area contributed by atoms with Crippen molar-refractivity contribution in [3.8, 4) is 0 Å². The van der Waals surface area contributed by atoms with Gasteiger partial charge in [-0.25, -0.2) is 4.79 Å². The second kappa shape index (κ2) is 10.9. The predicted molar refractivity (Wildman–Crippen MR) is 98.2 cm³/mol. The van der Waals surface area contributed by atoms with Gasteiger partial charge in [-0.15, -0.1) is 0 Å². The lowest BCUT2D eigenvalue weighted by Crippen LogP contribution is -2.49. The molecule has 1 aliphatic rings. The summed E-state index contributed by atoms with van der Waals surface area (Å²) in [7, 11) is 0. The first-order valence-corrected chi connectivity index (χ1v) is 8.55. The molecule has 0 fully saturated rings. The number of carboxylic acid groups (broad SMARTS) is 2. The highest BCUT2D eigenvalue weighted by Crippen LogP contribution is 2.11. The number of thiol groups is 1. The first-order chi connectivity index (χ1) is 12.7. The Morgan fingerprint density at radius 1 is 1.00 bits per heavy atom. The molecule has 27 heavy (non-hydrogen) atoms. The minimum atomic E-state index is -1.26. The standard InChI is InChI=1S/C16H21N3O7S/c20-12(18-11(8-27)15(24)17-7-13(21)22)6-5-10(16(25)26)19-14(23)9-3-1-2-4-9/h1-4,10-11,19,23,27H,5-8H2,(H,17,24)(H,18,20)(H,21,22)(H,25,26)/t10-,11-/m0/s1. The highest BCUT2D eigenvalue weighted by Gasteiger charge is 2.23. The minimum Gasteiger partial charge on any atom is -0.494 e. The highest BCUT2D eigenvalue weighted by molar-refractivity contribution is 7.80. The highest BCUT2D eigenvalue weighted by atomic mass is 32.1. The van der Waals surface area contributed by atoms with Gasteiger partial charge in [0.25, 0.3) is 0 Å². The van der Waals surface area contributed by atoms with E-state index in [1.54, 1.807) is 24.3 Å². The van der Waals surface area contributed by atoms with Crippen LogP contribution in [-0.2, 0) is 19.2 Å². The Bertz CT molecular complexity index is 674. The summed E-state index contributed by atoms with van der Waals surface area (Å²) in [5, 5.41) is 34.5. The number of nitrogens with one attached hydrogen (secondary N) is 3. The molecular formula is C16H21N3O7S. The summed E-state index contributed by atoms with van der Waals surface area (Å²) in [5.74, 6) is -4.20. The molecule has 1 aliphatic carbocycles. The van der Waals surface area contributed by atoms with Crippen LogP contribution < -0.4 is 16.0 Å². The number of carboxylic acids is 2. The van der Waals surface area contributed by atoms with E-state index < -0.39 is 42.4 Å². The van der Waals surface area contributed by atoms with Crippen LogP contribution in [0.1, 0.15) is 12.8 Å². The van der Waals surface area contributed by atoms with E-state index >= 15 is 0 Å². The Morgan fingerprint density at radius 2 is 1.63 bits per heavy atom. The lowest BCUT2D eigenvalue weighted by molar-refractivity contribution is -0.140. The van der Waals surface area contributed by atoms with Crippen molar-refractivity contribution in [3.63, 3.8) is 0 Å². The zero-order valence-corrected chi connectivity index (χ0v) is 15.1. The fraction of sp³-hybridized carbons (Fsp3) is 0.375. The lowest BCUT2D eigenvalue weighted by Gasteiger charge is -2.18. The third kappa shape index (κ3) is 7.86. The van der Waals surface area contributed by atoms with E-state index in [4.69, 9.17) is 5.11 Å². The lowest BCUT2D eigenvalue weighted by atomic mass is 10.1. The first kappa shape index (κ1) is 22.1. The van der Waals surface area contributed by atoms with E-state index in [-0.39, 0.29) is 24.5 Å². The van der Waals surface area contributed by atoms with Crippen molar-refractivity contribution in [1.29, 1.82) is 0 Å². The van der Waals surface area contributed by atoms with Crippen molar-refractivity contribution >= 4 is 36.4 Å². The number of hydrogen-bond acceptors (Lipinski definition) is 7. The Morgan fingerprint density at radius 3 is 2.15 bits per heavy atom. The van der Waals surface area contributed by atoms with Crippen LogP contribution in [0.25, 0.3) is 0 Å². The molecule has 0 aromatic heterocycles. The van der Waals surface area contributed by atoms with Crippen LogP contribution in [0.5, 0.6) is 0 Å². The molecule has 6 N–H and O–H groups in total. The zero-order valence-electron chi connectivity index (χ0n) is 14.2. The van der Waals surface area contributed by atoms with E-state index in [1.807, 2.05) is 0 Å². The van der Waals surface area contributed by atoms with Gasteiger partial charge in [0.05, 0.1) is 0 Å². The predicted octanol–water partition coefficient (Wildman–Crippen LogP) is -0.680. The van der Waals surface area contributed by atoms with Crippen LogP contribution in [0.4, 0.5) is 0 Å². The average Bonchev–Trinajstić information content (AvgIpc) is 3.15. The smallest absolute Gasteiger partial charge is 0.326 e. The van der Waals surface area contributed by atoms with Crippen molar-refractivity contribution in [3.05, 3.63) is 35.8 Å². The van der Waals surface area contributed by atoms with Crippen molar-refractivity contribution < 1.29 is 34.5 Å². The maximum absolute atomic E-state index is 12.0. The molecule has 10 nitrogen and oxygen atoms in total. The SMILES string of the molecule is O=C(O)CNC(=O)[C@H](CS)NC(=O)CC[C@H](NC(O)=C1C=CC=C1)C(=O)O. The zero-order chi connectivity index (χ0) is 20.4. The van der Waals surface area contributed by atoms with Crippen molar-refractivity contribution in [2.24, 2.45) is 0 Å². The van der Waals surface area contributed by atoms with Crippen LogP contribution in [0.15, 0.2) is 35.8 Å². The molecule has 148 valence electrons. The summed E-state index contributed by atoms with van der Waals surface area (Å²) in [6.45, 7) is -0.596. The molecule has 2 atom stereocenters. The summed E-state index contributed by atoms with van der Waals surface area (Å²) >= 11 is 3.93. The van der Waals surface area contributed by atoms with Gasteiger partial charge in [-0.05, 0) is 18.6 Å². The molecule has 0 bridgehead atoms. The number of aliphatic carboxylic acids is 2. The monoisotopic (exact) mass is 399 g/mol. The van der Waals surface area contributed by atoms with Crippen LogP contribution in [0.2, 0.25) is 0 Å². The molecule has 0 aromatic rings. The Balaban J connectivity index is 2.55. The molecule has 0 spiro atoms. The first-order valence-electron chi connectivity index (χ1n) is 7.91. The Labute approximate surface area is 160 Å². The van der Waals surface area contributed by atoms with Gasteiger partial charge in [0.1, 0.15) is 18.6 Å². The van der Waals surface area contributed by atoms with E-state index in [9.17, 15) is 29.4 Å². The molecule has 0 saturated heterocycles. The Kier molecular flexibility index (Phi) is 8.93. The van der Waals surface area contributed by atoms with E-state index in [2.05, 4.69) is 28.6 Å². The van der Waals surface area contributed by atoms with Gasteiger partial charge in [0, 0.05) is 17.7 Å². The van der Waals surface area contributed by atoms with Crippen molar-refractivity contribution in [1.82, 2.24) is 16.0 Å². The minimum absolute atomic E-state index is 0.0661. The molecule has 0 radical (unpaired) electrons. The summed E-state index contributed by atoms with van der Waals surface area (Å²) in [6.07, 6.45) is 6.12. The third-order valence-electron chi connectivity index (χ3n) is 3.45. The number of allylic oxidation sites excluding steroid dienone is 5. The van der Waals surface area contributed by atoms with Gasteiger partial charge in [0.2, 0.25) is 11.8 Å². The fourth-order valence-electron chi connectivity index (χ4n) is 2.06. The van der Waals surface area contributed by atoms with Crippen LogP contribution in [0, 0.1) is 0 Å². The summed E-state index contributed by atoms with van der Waals surface area (Å²) in [4.78, 5) is 45.5. The topological polar surface area (TPSA) is 165 Å². The molecule has 2 amide bonds. The number of aliphatic hydroxyl groups excluding tert-OH is 1. The van der Waals surface area contributed by atoms with Crippen LogP contribution in [-0.4, -0.2) is 63.5 Å². The summed E-state index contributed by atoms with van der Waals surface area (Å²) in [5.41, 5.74) is 0.413. The number of amides is 2. The number of rotatable bonds is 11. The molecule has 0 aromatic carbocycles. The quantitative estimate of drug-likeness (QED) is 0.177. The molecule has 11 heteroatoms. The van der Waals surface area contributed by atoms with E-state index in [0.717, 1.165) is 0 Å². The fourth-order valence-corrected chi connectivity index (χ4v) is 2.32. The second-order valence-corrected chi connectivity index (χ2v) is 5.88. The second-order valence-electron chi connectivity index (χ2n) is 5.51. The normalized spacial score (nSPS) is 14.3. The molecule has 0 aliphatic heterocycles. The van der Waals surface area contributed by atoms with Gasteiger partial charge in [0.15, 0.2) is 5.88 Å². The van der Waals surface area contributed by atoms with E-state index in [1.165, 1.54) is 0 Å². The molecule has 1 rings (SSSR count). The molecular weight excluding hydrogens is 378 g/mol. The summed E-state index contributed by atoms with van der Waals surface area (Å²) in [6, 6.07) is -2.28. The number of carbonyl (C=O) groups excluding carboxylic acids is 2. The largest absolute Gasteiger partial charge is 0.494 e.